The number of hydrogen-bond donors (Lipinski definition) is 1. The standard InChI is InChI=1S/C18H17N3O3/c1-24-17-9-5-3-7-14(17)20-18(23)10-11-21-15-8-4-2-6-13(15)16(22)12-19-21/h2-9,12H,10-11H2,1H3,(H,20,23). The number of carbonyl (C=O) groups is 1. The SMILES string of the molecule is COc1ccccc1NC(=O)CCn1ncc(=O)c2ccccc21. The summed E-state index contributed by atoms with van der Waals surface area (Å²) in [6, 6.07) is 14.5. The molecule has 0 saturated carbocycles. The van der Waals surface area contributed by atoms with Crippen molar-refractivity contribution in [2.75, 3.05) is 12.4 Å². The van der Waals surface area contributed by atoms with Crippen molar-refractivity contribution in [1.82, 2.24) is 9.78 Å². The summed E-state index contributed by atoms with van der Waals surface area (Å²) in [5.41, 5.74) is 1.22. The number of anilines is 1. The molecule has 0 spiro atoms. The summed E-state index contributed by atoms with van der Waals surface area (Å²) >= 11 is 0. The van der Waals surface area contributed by atoms with Crippen molar-refractivity contribution in [3.63, 3.8) is 0 Å². The number of benzene rings is 2. The van der Waals surface area contributed by atoms with Gasteiger partial charge in [-0.3, -0.25) is 14.3 Å². The molecule has 0 saturated heterocycles. The van der Waals surface area contributed by atoms with E-state index >= 15 is 0 Å². The van der Waals surface area contributed by atoms with Crippen LogP contribution in [0.2, 0.25) is 0 Å². The van der Waals surface area contributed by atoms with E-state index in [1.807, 2.05) is 30.3 Å². The van der Waals surface area contributed by atoms with Crippen LogP contribution < -0.4 is 15.5 Å². The van der Waals surface area contributed by atoms with Crippen molar-refractivity contribution in [1.29, 1.82) is 0 Å². The van der Waals surface area contributed by atoms with Crippen LogP contribution >= 0.6 is 0 Å². The van der Waals surface area contributed by atoms with Gasteiger partial charge in [0.2, 0.25) is 11.3 Å². The van der Waals surface area contributed by atoms with Gasteiger partial charge in [-0.25, -0.2) is 0 Å². The Morgan fingerprint density at radius 2 is 1.92 bits per heavy atom. The number of rotatable bonds is 5. The highest BCUT2D eigenvalue weighted by Crippen LogP contribution is 2.23. The first kappa shape index (κ1) is 15.7. The van der Waals surface area contributed by atoms with E-state index in [2.05, 4.69) is 10.4 Å². The average molecular weight is 323 g/mol. The molecule has 122 valence electrons. The zero-order valence-corrected chi connectivity index (χ0v) is 13.2. The first-order chi connectivity index (χ1) is 11.7. The third kappa shape index (κ3) is 3.27. The van der Waals surface area contributed by atoms with Gasteiger partial charge in [-0.05, 0) is 24.3 Å². The monoisotopic (exact) mass is 323 g/mol. The number of aryl methyl sites for hydroxylation is 1. The topological polar surface area (TPSA) is 73.2 Å². The number of fused-ring (bicyclic) bond motifs is 1. The number of hydrogen-bond acceptors (Lipinski definition) is 4. The predicted molar refractivity (Wildman–Crippen MR) is 92.2 cm³/mol. The van der Waals surface area contributed by atoms with E-state index in [0.717, 1.165) is 5.52 Å². The lowest BCUT2D eigenvalue weighted by molar-refractivity contribution is -0.116. The van der Waals surface area contributed by atoms with Crippen LogP contribution in [0, 0.1) is 0 Å². The number of ether oxygens (including phenoxy) is 1. The minimum absolute atomic E-state index is 0.125. The molecule has 0 radical (unpaired) electrons. The van der Waals surface area contributed by atoms with Gasteiger partial charge >= 0.3 is 0 Å². The molecule has 0 fully saturated rings. The lowest BCUT2D eigenvalue weighted by Gasteiger charge is -2.11. The molecule has 24 heavy (non-hydrogen) atoms. The Bertz CT molecular complexity index is 934. The van der Waals surface area contributed by atoms with Crippen LogP contribution in [-0.4, -0.2) is 22.8 Å². The normalized spacial score (nSPS) is 10.5. The second-order valence-electron chi connectivity index (χ2n) is 5.25. The Balaban J connectivity index is 1.73. The van der Waals surface area contributed by atoms with Crippen molar-refractivity contribution >= 4 is 22.5 Å². The van der Waals surface area contributed by atoms with Gasteiger partial charge < -0.3 is 10.1 Å². The Kier molecular flexibility index (Phi) is 4.56. The van der Waals surface area contributed by atoms with E-state index < -0.39 is 0 Å². The van der Waals surface area contributed by atoms with Gasteiger partial charge in [0.25, 0.3) is 0 Å². The molecule has 1 heterocycles. The fourth-order valence-corrected chi connectivity index (χ4v) is 2.51. The van der Waals surface area contributed by atoms with Gasteiger partial charge in [0.05, 0.1) is 31.1 Å². The number of nitrogens with zero attached hydrogens (tertiary/aromatic N) is 2. The number of para-hydroxylation sites is 3. The fraction of sp³-hybridized carbons (Fsp3) is 0.167. The van der Waals surface area contributed by atoms with Crippen LogP contribution in [-0.2, 0) is 11.3 Å². The van der Waals surface area contributed by atoms with Crippen molar-refractivity contribution < 1.29 is 9.53 Å². The Morgan fingerprint density at radius 3 is 2.75 bits per heavy atom. The molecule has 6 heteroatoms. The van der Waals surface area contributed by atoms with E-state index in [-0.39, 0.29) is 17.8 Å². The minimum Gasteiger partial charge on any atom is -0.495 e. The highest BCUT2D eigenvalue weighted by Gasteiger charge is 2.09. The predicted octanol–water partition coefficient (Wildman–Crippen LogP) is 2.43. The number of methoxy groups -OCH3 is 1. The average Bonchev–Trinajstić information content (AvgIpc) is 2.62. The molecule has 0 bridgehead atoms. The molecule has 2 aromatic carbocycles. The van der Waals surface area contributed by atoms with Crippen LogP contribution in [0.25, 0.3) is 10.9 Å². The number of nitrogens with one attached hydrogen (secondary N) is 1. The van der Waals surface area contributed by atoms with Gasteiger partial charge in [0.15, 0.2) is 0 Å². The molecule has 1 amide bonds. The molecule has 1 N–H and O–H groups in total. The quantitative estimate of drug-likeness (QED) is 0.782. The van der Waals surface area contributed by atoms with Gasteiger partial charge in [-0.1, -0.05) is 24.3 Å². The van der Waals surface area contributed by atoms with Crippen LogP contribution in [0.15, 0.2) is 59.5 Å². The zero-order chi connectivity index (χ0) is 16.9. The molecule has 0 unspecified atom stereocenters. The van der Waals surface area contributed by atoms with Gasteiger partial charge in [0.1, 0.15) is 5.75 Å². The van der Waals surface area contributed by atoms with Crippen LogP contribution in [0.5, 0.6) is 5.75 Å². The number of amides is 1. The highest BCUT2D eigenvalue weighted by molar-refractivity contribution is 5.92. The molecule has 0 atom stereocenters. The zero-order valence-electron chi connectivity index (χ0n) is 13.2. The second-order valence-corrected chi connectivity index (χ2v) is 5.25. The van der Waals surface area contributed by atoms with Gasteiger partial charge in [-0.2, -0.15) is 5.10 Å². The lowest BCUT2D eigenvalue weighted by Crippen LogP contribution is -2.18. The molecular formula is C18H17N3O3. The van der Waals surface area contributed by atoms with E-state index in [4.69, 9.17) is 4.74 Å². The molecular weight excluding hydrogens is 306 g/mol. The van der Waals surface area contributed by atoms with Crippen molar-refractivity contribution in [3.05, 3.63) is 65.0 Å². The lowest BCUT2D eigenvalue weighted by atomic mass is 10.2. The summed E-state index contributed by atoms with van der Waals surface area (Å²) in [5, 5.41) is 7.54. The van der Waals surface area contributed by atoms with E-state index in [1.165, 1.54) is 6.20 Å². The highest BCUT2D eigenvalue weighted by atomic mass is 16.5. The van der Waals surface area contributed by atoms with E-state index in [0.29, 0.717) is 23.4 Å². The first-order valence-electron chi connectivity index (χ1n) is 7.57. The third-order valence-electron chi connectivity index (χ3n) is 3.69. The summed E-state index contributed by atoms with van der Waals surface area (Å²) in [5.74, 6) is 0.460. The van der Waals surface area contributed by atoms with E-state index in [9.17, 15) is 9.59 Å². The van der Waals surface area contributed by atoms with Crippen molar-refractivity contribution in [3.8, 4) is 5.75 Å². The van der Waals surface area contributed by atoms with Crippen LogP contribution in [0.1, 0.15) is 6.42 Å². The Morgan fingerprint density at radius 1 is 1.17 bits per heavy atom. The Labute approximate surface area is 138 Å². The molecule has 0 aliphatic rings. The maximum absolute atomic E-state index is 12.2. The van der Waals surface area contributed by atoms with Crippen LogP contribution in [0.4, 0.5) is 5.69 Å². The molecule has 1 aromatic heterocycles. The minimum atomic E-state index is -0.149. The van der Waals surface area contributed by atoms with Crippen LogP contribution in [0.3, 0.4) is 0 Å². The summed E-state index contributed by atoms with van der Waals surface area (Å²) in [6.07, 6.45) is 1.51. The van der Waals surface area contributed by atoms with Gasteiger partial charge in [-0.15, -0.1) is 0 Å². The number of carbonyl (C=O) groups excluding carboxylic acids is 1. The second kappa shape index (κ2) is 6.95. The summed E-state index contributed by atoms with van der Waals surface area (Å²) in [7, 11) is 1.56. The maximum atomic E-state index is 12.2. The van der Waals surface area contributed by atoms with Crippen molar-refractivity contribution in [2.24, 2.45) is 0 Å². The molecule has 3 aromatic rings. The Hall–Kier alpha value is -3.15. The summed E-state index contributed by atoms with van der Waals surface area (Å²) < 4.78 is 6.88. The van der Waals surface area contributed by atoms with Crippen molar-refractivity contribution in [2.45, 2.75) is 13.0 Å². The maximum Gasteiger partial charge on any atom is 0.226 e. The third-order valence-corrected chi connectivity index (χ3v) is 3.69. The molecule has 3 rings (SSSR count). The molecule has 0 aliphatic heterocycles. The first-order valence-corrected chi connectivity index (χ1v) is 7.57. The smallest absolute Gasteiger partial charge is 0.226 e. The number of aromatic nitrogens is 2. The molecule has 6 nitrogen and oxygen atoms in total. The molecule has 0 aliphatic carbocycles. The fourth-order valence-electron chi connectivity index (χ4n) is 2.51. The summed E-state index contributed by atoms with van der Waals surface area (Å²) in [4.78, 5) is 24.0. The summed E-state index contributed by atoms with van der Waals surface area (Å²) in [6.45, 7) is 0.377. The van der Waals surface area contributed by atoms with E-state index in [1.54, 1.807) is 30.0 Å². The largest absolute Gasteiger partial charge is 0.495 e. The van der Waals surface area contributed by atoms with Gasteiger partial charge in [0, 0.05) is 11.8 Å².